The fourth-order valence-corrected chi connectivity index (χ4v) is 4.52. The Labute approximate surface area is 184 Å². The van der Waals surface area contributed by atoms with Crippen molar-refractivity contribution < 1.29 is 13.9 Å². The highest BCUT2D eigenvalue weighted by molar-refractivity contribution is 5.94. The lowest BCUT2D eigenvalue weighted by Gasteiger charge is -2.24. The molecule has 1 spiro atoms. The van der Waals surface area contributed by atoms with Gasteiger partial charge in [0.2, 0.25) is 0 Å². The highest BCUT2D eigenvalue weighted by Crippen LogP contribution is 2.38. The lowest BCUT2D eigenvalue weighted by molar-refractivity contribution is 0.0951. The van der Waals surface area contributed by atoms with Gasteiger partial charge in [0.25, 0.3) is 5.91 Å². The molecule has 0 bridgehead atoms. The molecule has 6 heteroatoms. The molecule has 2 heterocycles. The van der Waals surface area contributed by atoms with Crippen molar-refractivity contribution in [2.45, 2.75) is 39.2 Å². The van der Waals surface area contributed by atoms with Crippen LogP contribution in [0, 0.1) is 11.2 Å². The number of nitrogens with one attached hydrogen (secondary N) is 2. The molecular weight excluding hydrogens is 393 g/mol. The van der Waals surface area contributed by atoms with E-state index in [9.17, 15) is 9.18 Å². The summed E-state index contributed by atoms with van der Waals surface area (Å²) in [5.41, 5.74) is 2.28. The third-order valence-corrected chi connectivity index (χ3v) is 6.46. The second-order valence-corrected chi connectivity index (χ2v) is 8.79. The summed E-state index contributed by atoms with van der Waals surface area (Å²) in [6, 6.07) is 12.4. The van der Waals surface area contributed by atoms with E-state index in [1.54, 1.807) is 12.1 Å². The Morgan fingerprint density at radius 1 is 1.23 bits per heavy atom. The minimum Gasteiger partial charge on any atom is -0.494 e. The predicted octanol–water partition coefficient (Wildman–Crippen LogP) is 4.12. The predicted molar refractivity (Wildman–Crippen MR) is 121 cm³/mol. The number of hydrogen-bond acceptors (Lipinski definition) is 4. The lowest BCUT2D eigenvalue weighted by atomic mass is 9.86. The van der Waals surface area contributed by atoms with E-state index in [-0.39, 0.29) is 11.7 Å². The van der Waals surface area contributed by atoms with Crippen molar-refractivity contribution in [2.24, 2.45) is 5.41 Å². The number of rotatable bonds is 8. The fourth-order valence-electron chi connectivity index (χ4n) is 4.52. The van der Waals surface area contributed by atoms with Gasteiger partial charge in [0.15, 0.2) is 0 Å². The number of unbranched alkanes of at least 4 members (excludes halogenated alkanes) is 1. The van der Waals surface area contributed by atoms with Crippen LogP contribution in [-0.2, 0) is 6.54 Å². The molecule has 0 aliphatic carbocycles. The van der Waals surface area contributed by atoms with Crippen LogP contribution in [0.3, 0.4) is 0 Å². The molecule has 2 aromatic rings. The summed E-state index contributed by atoms with van der Waals surface area (Å²) < 4.78 is 20.4. The van der Waals surface area contributed by atoms with Crippen LogP contribution in [0.15, 0.2) is 42.5 Å². The van der Waals surface area contributed by atoms with Crippen molar-refractivity contribution in [3.63, 3.8) is 0 Å². The van der Waals surface area contributed by atoms with E-state index in [4.69, 9.17) is 4.74 Å². The Kier molecular flexibility index (Phi) is 6.76. The summed E-state index contributed by atoms with van der Waals surface area (Å²) in [5, 5.41) is 6.31. The minimum atomic E-state index is -0.219. The summed E-state index contributed by atoms with van der Waals surface area (Å²) in [4.78, 5) is 14.6. The zero-order valence-corrected chi connectivity index (χ0v) is 18.3. The summed E-state index contributed by atoms with van der Waals surface area (Å²) >= 11 is 0. The average molecular weight is 426 g/mol. The number of anilines is 1. The quantitative estimate of drug-likeness (QED) is 0.625. The van der Waals surface area contributed by atoms with Crippen molar-refractivity contribution in [1.82, 2.24) is 10.6 Å². The highest BCUT2D eigenvalue weighted by Gasteiger charge is 2.40. The molecule has 1 unspecified atom stereocenters. The van der Waals surface area contributed by atoms with E-state index in [1.165, 1.54) is 12.5 Å². The molecule has 1 atom stereocenters. The van der Waals surface area contributed by atoms with Crippen LogP contribution in [0.5, 0.6) is 5.75 Å². The van der Waals surface area contributed by atoms with Crippen molar-refractivity contribution >= 4 is 11.6 Å². The van der Waals surface area contributed by atoms with Gasteiger partial charge in [-0.15, -0.1) is 0 Å². The number of ether oxygens (including phenoxy) is 1. The van der Waals surface area contributed by atoms with Gasteiger partial charge in [0, 0.05) is 37.2 Å². The standard InChI is InChI=1S/C25H32FN3O2/c1-2-3-14-31-21-7-5-20(6-8-21)24(30)28-16-19-4-9-23(22(26)15-19)29-13-11-25(18-29)10-12-27-17-25/h4-9,15,27H,2-3,10-14,16-18H2,1H3,(H,28,30). The van der Waals surface area contributed by atoms with E-state index in [1.807, 2.05) is 24.3 Å². The van der Waals surface area contributed by atoms with Crippen molar-refractivity contribution in [3.05, 3.63) is 59.4 Å². The van der Waals surface area contributed by atoms with Crippen molar-refractivity contribution in [3.8, 4) is 5.75 Å². The summed E-state index contributed by atoms with van der Waals surface area (Å²) in [6.45, 7) is 6.98. The van der Waals surface area contributed by atoms with Gasteiger partial charge in [-0.3, -0.25) is 4.79 Å². The van der Waals surface area contributed by atoms with Crippen LogP contribution < -0.4 is 20.3 Å². The van der Waals surface area contributed by atoms with Crippen LogP contribution in [0.2, 0.25) is 0 Å². The Morgan fingerprint density at radius 3 is 2.77 bits per heavy atom. The molecule has 1 amide bonds. The first-order valence-corrected chi connectivity index (χ1v) is 11.3. The number of nitrogens with zero attached hydrogens (tertiary/aromatic N) is 1. The molecule has 0 aromatic heterocycles. The van der Waals surface area contributed by atoms with Gasteiger partial charge in [0.1, 0.15) is 11.6 Å². The number of halogens is 1. The van der Waals surface area contributed by atoms with Crippen LogP contribution in [-0.4, -0.2) is 38.7 Å². The molecule has 2 aliphatic rings. The third kappa shape index (κ3) is 5.18. The van der Waals surface area contributed by atoms with Gasteiger partial charge in [0.05, 0.1) is 12.3 Å². The maximum absolute atomic E-state index is 14.8. The average Bonchev–Trinajstić information content (AvgIpc) is 3.42. The first kappa shape index (κ1) is 21.6. The molecule has 2 N–H and O–H groups in total. The topological polar surface area (TPSA) is 53.6 Å². The van der Waals surface area contributed by atoms with Crippen molar-refractivity contribution in [2.75, 3.05) is 37.7 Å². The van der Waals surface area contributed by atoms with Crippen LogP contribution in [0.25, 0.3) is 0 Å². The third-order valence-electron chi connectivity index (χ3n) is 6.46. The van der Waals surface area contributed by atoms with Gasteiger partial charge in [-0.1, -0.05) is 19.4 Å². The smallest absolute Gasteiger partial charge is 0.251 e. The van der Waals surface area contributed by atoms with Gasteiger partial charge in [-0.05, 0) is 67.8 Å². The first-order valence-electron chi connectivity index (χ1n) is 11.3. The molecule has 0 radical (unpaired) electrons. The molecule has 4 rings (SSSR count). The molecule has 2 fully saturated rings. The van der Waals surface area contributed by atoms with E-state index in [0.717, 1.165) is 56.8 Å². The molecule has 0 saturated carbocycles. The van der Waals surface area contributed by atoms with Gasteiger partial charge in [-0.2, -0.15) is 0 Å². The second-order valence-electron chi connectivity index (χ2n) is 8.79. The Morgan fingerprint density at radius 2 is 2.06 bits per heavy atom. The molecule has 31 heavy (non-hydrogen) atoms. The lowest BCUT2D eigenvalue weighted by Crippen LogP contribution is -2.29. The summed E-state index contributed by atoms with van der Waals surface area (Å²) in [7, 11) is 0. The zero-order chi connectivity index (χ0) is 21.7. The monoisotopic (exact) mass is 425 g/mol. The zero-order valence-electron chi connectivity index (χ0n) is 18.3. The first-order chi connectivity index (χ1) is 15.1. The van der Waals surface area contributed by atoms with E-state index in [2.05, 4.69) is 22.5 Å². The van der Waals surface area contributed by atoms with Gasteiger partial charge < -0.3 is 20.3 Å². The molecule has 2 saturated heterocycles. The Balaban J connectivity index is 1.30. The van der Waals surface area contributed by atoms with E-state index in [0.29, 0.717) is 29.8 Å². The molecule has 166 valence electrons. The molecular formula is C25H32FN3O2. The van der Waals surface area contributed by atoms with E-state index < -0.39 is 0 Å². The van der Waals surface area contributed by atoms with Crippen LogP contribution >= 0.6 is 0 Å². The highest BCUT2D eigenvalue weighted by atomic mass is 19.1. The number of benzene rings is 2. The van der Waals surface area contributed by atoms with Crippen LogP contribution in [0.1, 0.15) is 48.5 Å². The maximum atomic E-state index is 14.8. The molecule has 5 nitrogen and oxygen atoms in total. The molecule has 2 aliphatic heterocycles. The number of amides is 1. The SMILES string of the molecule is CCCCOc1ccc(C(=O)NCc2ccc(N3CCC4(CCNC4)C3)c(F)c2)cc1. The van der Waals surface area contributed by atoms with Crippen molar-refractivity contribution in [1.29, 1.82) is 0 Å². The van der Waals surface area contributed by atoms with Gasteiger partial charge >= 0.3 is 0 Å². The number of carbonyl (C=O) groups excluding carboxylic acids is 1. The Hall–Kier alpha value is -2.60. The summed E-state index contributed by atoms with van der Waals surface area (Å²) in [6.07, 6.45) is 4.37. The van der Waals surface area contributed by atoms with Gasteiger partial charge in [-0.25, -0.2) is 4.39 Å². The van der Waals surface area contributed by atoms with E-state index >= 15 is 0 Å². The number of hydrogen-bond donors (Lipinski definition) is 2. The normalized spacial score (nSPS) is 20.4. The molecule has 2 aromatic carbocycles. The summed E-state index contributed by atoms with van der Waals surface area (Å²) in [5.74, 6) is 0.364. The second kappa shape index (κ2) is 9.69. The maximum Gasteiger partial charge on any atom is 0.251 e. The number of carbonyl (C=O) groups is 1. The minimum absolute atomic E-state index is 0.181. The fraction of sp³-hybridized carbons (Fsp3) is 0.480. The van der Waals surface area contributed by atoms with Crippen LogP contribution in [0.4, 0.5) is 10.1 Å². The Bertz CT molecular complexity index is 894. The largest absolute Gasteiger partial charge is 0.494 e.